The molecule has 0 aliphatic heterocycles. The number of hydrogen-bond donors (Lipinski definition) is 0. The van der Waals surface area contributed by atoms with Crippen molar-refractivity contribution in [2.75, 3.05) is 13.7 Å². The SMILES string of the molecule is COc1cc2c(cc1Br)nc(C)n2COCC[Si](C)(C)C. The third kappa shape index (κ3) is 4.08. The van der Waals surface area contributed by atoms with E-state index >= 15 is 0 Å². The average Bonchev–Trinajstić information content (AvgIpc) is 2.67. The van der Waals surface area contributed by atoms with E-state index in [1.54, 1.807) is 7.11 Å². The van der Waals surface area contributed by atoms with Crippen molar-refractivity contribution in [3.8, 4) is 5.75 Å². The Kier molecular flexibility index (Phi) is 5.11. The molecule has 0 N–H and O–H groups in total. The fraction of sp³-hybridized carbons (Fsp3) is 0.533. The van der Waals surface area contributed by atoms with Gasteiger partial charge in [-0.05, 0) is 35.0 Å². The van der Waals surface area contributed by atoms with E-state index in [9.17, 15) is 0 Å². The molecule has 1 aromatic heterocycles. The van der Waals surface area contributed by atoms with Crippen molar-refractivity contribution in [2.45, 2.75) is 39.3 Å². The van der Waals surface area contributed by atoms with Gasteiger partial charge in [-0.1, -0.05) is 19.6 Å². The molecular formula is C15H23BrN2O2Si. The smallest absolute Gasteiger partial charge is 0.135 e. The minimum Gasteiger partial charge on any atom is -0.495 e. The predicted molar refractivity (Wildman–Crippen MR) is 92.8 cm³/mol. The van der Waals surface area contributed by atoms with Gasteiger partial charge in [0.25, 0.3) is 0 Å². The molecule has 1 aromatic carbocycles. The molecule has 21 heavy (non-hydrogen) atoms. The van der Waals surface area contributed by atoms with Crippen LogP contribution in [-0.4, -0.2) is 31.3 Å². The molecule has 0 aliphatic carbocycles. The Morgan fingerprint density at radius 1 is 1.29 bits per heavy atom. The third-order valence-electron chi connectivity index (χ3n) is 3.43. The summed E-state index contributed by atoms with van der Waals surface area (Å²) in [5.41, 5.74) is 1.99. The van der Waals surface area contributed by atoms with Gasteiger partial charge in [0.15, 0.2) is 0 Å². The highest BCUT2D eigenvalue weighted by molar-refractivity contribution is 9.10. The Morgan fingerprint density at radius 3 is 2.62 bits per heavy atom. The van der Waals surface area contributed by atoms with E-state index < -0.39 is 8.07 Å². The molecule has 2 aromatic rings. The lowest BCUT2D eigenvalue weighted by Crippen LogP contribution is -2.22. The first-order chi connectivity index (χ1) is 9.81. The van der Waals surface area contributed by atoms with Crippen molar-refractivity contribution in [2.24, 2.45) is 0 Å². The van der Waals surface area contributed by atoms with Crippen LogP contribution in [0.15, 0.2) is 16.6 Å². The number of aryl methyl sites for hydroxylation is 1. The van der Waals surface area contributed by atoms with E-state index in [1.165, 1.54) is 6.04 Å². The topological polar surface area (TPSA) is 36.3 Å². The van der Waals surface area contributed by atoms with Gasteiger partial charge in [0.05, 0.1) is 22.6 Å². The lowest BCUT2D eigenvalue weighted by atomic mass is 10.3. The van der Waals surface area contributed by atoms with Crippen LogP contribution in [0.4, 0.5) is 0 Å². The van der Waals surface area contributed by atoms with Crippen LogP contribution >= 0.6 is 15.9 Å². The summed E-state index contributed by atoms with van der Waals surface area (Å²) < 4.78 is 14.2. The fourth-order valence-corrected chi connectivity index (χ4v) is 3.35. The summed E-state index contributed by atoms with van der Waals surface area (Å²) in [5, 5.41) is 0. The van der Waals surface area contributed by atoms with Gasteiger partial charge in [-0.25, -0.2) is 4.98 Å². The molecule has 0 spiro atoms. The maximum absolute atomic E-state index is 5.85. The Hall–Kier alpha value is -0.853. The highest BCUT2D eigenvalue weighted by Crippen LogP contribution is 2.30. The molecule has 0 radical (unpaired) electrons. The molecule has 0 unspecified atom stereocenters. The van der Waals surface area contributed by atoms with E-state index in [4.69, 9.17) is 9.47 Å². The number of benzene rings is 1. The number of methoxy groups -OCH3 is 1. The molecule has 0 aliphatic rings. The van der Waals surface area contributed by atoms with Crippen molar-refractivity contribution >= 4 is 35.0 Å². The van der Waals surface area contributed by atoms with Crippen molar-refractivity contribution in [1.82, 2.24) is 9.55 Å². The Bertz CT molecular complexity index is 635. The van der Waals surface area contributed by atoms with Crippen LogP contribution in [0.5, 0.6) is 5.75 Å². The molecule has 0 saturated heterocycles. The van der Waals surface area contributed by atoms with Crippen LogP contribution in [0.3, 0.4) is 0 Å². The van der Waals surface area contributed by atoms with Gasteiger partial charge in [-0.2, -0.15) is 0 Å². The maximum Gasteiger partial charge on any atom is 0.135 e. The highest BCUT2D eigenvalue weighted by atomic mass is 79.9. The highest BCUT2D eigenvalue weighted by Gasteiger charge is 2.14. The monoisotopic (exact) mass is 370 g/mol. The first-order valence-corrected chi connectivity index (χ1v) is 11.6. The largest absolute Gasteiger partial charge is 0.495 e. The van der Waals surface area contributed by atoms with Crippen LogP contribution in [0.25, 0.3) is 11.0 Å². The van der Waals surface area contributed by atoms with Gasteiger partial charge in [0.1, 0.15) is 18.3 Å². The van der Waals surface area contributed by atoms with Crippen LogP contribution in [0, 0.1) is 6.92 Å². The van der Waals surface area contributed by atoms with Gasteiger partial charge in [-0.15, -0.1) is 0 Å². The van der Waals surface area contributed by atoms with Crippen molar-refractivity contribution in [3.63, 3.8) is 0 Å². The zero-order valence-corrected chi connectivity index (χ0v) is 16.0. The predicted octanol–water partition coefficient (Wildman–Crippen LogP) is 4.43. The van der Waals surface area contributed by atoms with Gasteiger partial charge >= 0.3 is 0 Å². The summed E-state index contributed by atoms with van der Waals surface area (Å²) >= 11 is 3.50. The van der Waals surface area contributed by atoms with Gasteiger partial charge < -0.3 is 14.0 Å². The van der Waals surface area contributed by atoms with E-state index in [-0.39, 0.29) is 0 Å². The first-order valence-electron chi connectivity index (χ1n) is 7.10. The normalized spacial score (nSPS) is 12.1. The summed E-state index contributed by atoms with van der Waals surface area (Å²) in [5.74, 6) is 1.77. The van der Waals surface area contributed by atoms with Crippen LogP contribution < -0.4 is 4.74 Å². The number of imidazole rings is 1. The second kappa shape index (κ2) is 6.50. The lowest BCUT2D eigenvalue weighted by molar-refractivity contribution is 0.0885. The van der Waals surface area contributed by atoms with Crippen molar-refractivity contribution in [3.05, 3.63) is 22.4 Å². The summed E-state index contributed by atoms with van der Waals surface area (Å²) in [6.07, 6.45) is 0. The molecule has 0 bridgehead atoms. The molecule has 2 rings (SSSR count). The van der Waals surface area contributed by atoms with E-state index in [2.05, 4.69) is 45.1 Å². The Morgan fingerprint density at radius 2 is 2.00 bits per heavy atom. The molecule has 0 fully saturated rings. The summed E-state index contributed by atoms with van der Waals surface area (Å²) in [4.78, 5) is 4.58. The van der Waals surface area contributed by atoms with E-state index in [0.717, 1.165) is 33.7 Å². The average molecular weight is 371 g/mol. The summed E-state index contributed by atoms with van der Waals surface area (Å²) in [6, 6.07) is 5.16. The van der Waals surface area contributed by atoms with Crippen LogP contribution in [0.1, 0.15) is 5.82 Å². The number of ether oxygens (including phenoxy) is 2. The van der Waals surface area contributed by atoms with Gasteiger partial charge in [-0.3, -0.25) is 0 Å². The van der Waals surface area contributed by atoms with Crippen molar-refractivity contribution < 1.29 is 9.47 Å². The van der Waals surface area contributed by atoms with Gasteiger partial charge in [0.2, 0.25) is 0 Å². The molecule has 0 atom stereocenters. The minimum absolute atomic E-state index is 0.539. The lowest BCUT2D eigenvalue weighted by Gasteiger charge is -2.16. The number of nitrogens with zero attached hydrogens (tertiary/aromatic N) is 2. The zero-order valence-electron chi connectivity index (χ0n) is 13.4. The summed E-state index contributed by atoms with van der Waals surface area (Å²) in [7, 11) is 0.626. The van der Waals surface area contributed by atoms with E-state index in [0.29, 0.717) is 6.73 Å². The summed E-state index contributed by atoms with van der Waals surface area (Å²) in [6.45, 7) is 10.4. The van der Waals surface area contributed by atoms with Crippen molar-refractivity contribution in [1.29, 1.82) is 0 Å². The molecular weight excluding hydrogens is 348 g/mol. The number of rotatable bonds is 6. The van der Waals surface area contributed by atoms with E-state index in [1.807, 2.05) is 19.1 Å². The standard InChI is InChI=1S/C15H23BrN2O2Si/c1-11-17-13-8-12(16)15(19-2)9-14(13)18(11)10-20-6-7-21(3,4)5/h8-9H,6-7,10H2,1-5H3. The molecule has 4 nitrogen and oxygen atoms in total. The third-order valence-corrected chi connectivity index (χ3v) is 5.75. The van der Waals surface area contributed by atoms with Crippen LogP contribution in [0.2, 0.25) is 25.7 Å². The molecule has 0 amide bonds. The number of hydrogen-bond acceptors (Lipinski definition) is 3. The maximum atomic E-state index is 5.85. The quantitative estimate of drug-likeness (QED) is 0.557. The van der Waals surface area contributed by atoms with Crippen LogP contribution in [-0.2, 0) is 11.5 Å². The Balaban J connectivity index is 2.17. The molecule has 6 heteroatoms. The molecule has 116 valence electrons. The molecule has 0 saturated carbocycles. The van der Waals surface area contributed by atoms with Gasteiger partial charge in [0, 0.05) is 20.7 Å². The fourth-order valence-electron chi connectivity index (χ4n) is 2.10. The second-order valence-electron chi connectivity index (χ2n) is 6.41. The first kappa shape index (κ1) is 16.5. The number of aromatic nitrogens is 2. The second-order valence-corrected chi connectivity index (χ2v) is 12.9. The number of halogens is 1. The Labute approximate surface area is 135 Å². The molecule has 1 heterocycles. The minimum atomic E-state index is -1.04. The zero-order chi connectivity index (χ0) is 15.6. The number of fused-ring (bicyclic) bond motifs is 1.